The minimum absolute atomic E-state index is 0.318. The summed E-state index contributed by atoms with van der Waals surface area (Å²) in [5, 5.41) is 0. The summed E-state index contributed by atoms with van der Waals surface area (Å²) in [5.41, 5.74) is 8.49. The van der Waals surface area contributed by atoms with E-state index < -0.39 is 0 Å². The maximum atomic E-state index is 5.63. The van der Waals surface area contributed by atoms with E-state index in [-0.39, 0.29) is 0 Å². The van der Waals surface area contributed by atoms with Crippen molar-refractivity contribution in [3.05, 3.63) is 23.7 Å². The fraction of sp³-hybridized carbons (Fsp3) is 0.417. The van der Waals surface area contributed by atoms with Gasteiger partial charge in [-0.1, -0.05) is 26.1 Å². The summed E-state index contributed by atoms with van der Waals surface area (Å²) in [6.07, 6.45) is 1.84. The number of pyridine rings is 1. The molecule has 2 N–H and O–H groups in total. The number of aromatic nitrogens is 3. The first-order valence-electron chi connectivity index (χ1n) is 5.60. The van der Waals surface area contributed by atoms with Crippen molar-refractivity contribution in [3.8, 4) is 0 Å². The van der Waals surface area contributed by atoms with E-state index in [2.05, 4.69) is 23.8 Å². The first-order valence-corrected chi connectivity index (χ1v) is 6.01. The van der Waals surface area contributed by atoms with Gasteiger partial charge in [0.2, 0.25) is 0 Å². The third-order valence-electron chi connectivity index (χ3n) is 2.58. The molecule has 0 fully saturated rings. The van der Waals surface area contributed by atoms with E-state index in [9.17, 15) is 0 Å². The number of thiocarbonyl (C=S) groups is 1. The van der Waals surface area contributed by atoms with Gasteiger partial charge in [-0.25, -0.2) is 9.97 Å². The largest absolute Gasteiger partial charge is 0.392 e. The number of aryl methyl sites for hydroxylation is 1. The third kappa shape index (κ3) is 2.29. The van der Waals surface area contributed by atoms with Crippen molar-refractivity contribution in [1.82, 2.24) is 14.5 Å². The Morgan fingerprint density at radius 1 is 1.53 bits per heavy atom. The SMILES string of the molecule is Cc1cnc2c(c1)nc(C(C)C)n2CC(N)=S. The second-order valence-corrected chi connectivity index (χ2v) is 5.06. The summed E-state index contributed by atoms with van der Waals surface area (Å²) in [6, 6.07) is 2.03. The van der Waals surface area contributed by atoms with Crippen molar-refractivity contribution in [2.24, 2.45) is 5.73 Å². The fourth-order valence-electron chi connectivity index (χ4n) is 1.88. The number of nitrogens with zero attached hydrogens (tertiary/aromatic N) is 3. The molecular formula is C12H16N4S. The van der Waals surface area contributed by atoms with Crippen LogP contribution in [0.3, 0.4) is 0 Å². The second kappa shape index (κ2) is 4.41. The molecule has 5 heteroatoms. The van der Waals surface area contributed by atoms with E-state index >= 15 is 0 Å². The van der Waals surface area contributed by atoms with Gasteiger partial charge in [0.15, 0.2) is 5.65 Å². The molecule has 0 aliphatic heterocycles. The summed E-state index contributed by atoms with van der Waals surface area (Å²) in [5.74, 6) is 1.30. The van der Waals surface area contributed by atoms with Gasteiger partial charge in [-0.05, 0) is 18.6 Å². The van der Waals surface area contributed by atoms with E-state index in [1.54, 1.807) is 0 Å². The van der Waals surface area contributed by atoms with Crippen molar-refractivity contribution >= 4 is 28.4 Å². The predicted octanol–water partition coefficient (Wildman–Crippen LogP) is 2.15. The molecule has 0 aliphatic carbocycles. The Morgan fingerprint density at radius 2 is 2.24 bits per heavy atom. The molecule has 0 spiro atoms. The number of nitrogens with two attached hydrogens (primary N) is 1. The van der Waals surface area contributed by atoms with Gasteiger partial charge in [0.05, 0.1) is 11.5 Å². The zero-order chi connectivity index (χ0) is 12.6. The molecule has 4 nitrogen and oxygen atoms in total. The number of imidazole rings is 1. The maximum absolute atomic E-state index is 5.63. The first-order chi connectivity index (χ1) is 7.99. The molecule has 2 heterocycles. The molecule has 0 amide bonds. The highest BCUT2D eigenvalue weighted by Crippen LogP contribution is 2.20. The highest BCUT2D eigenvalue weighted by atomic mass is 32.1. The zero-order valence-electron chi connectivity index (χ0n) is 10.3. The molecule has 0 atom stereocenters. The highest BCUT2D eigenvalue weighted by molar-refractivity contribution is 7.80. The topological polar surface area (TPSA) is 56.7 Å². The standard InChI is InChI=1S/C12H16N4S/c1-7(2)11-15-9-4-8(3)5-14-12(9)16(11)6-10(13)17/h4-5,7H,6H2,1-3H3,(H2,13,17). The molecule has 0 aromatic carbocycles. The lowest BCUT2D eigenvalue weighted by Gasteiger charge is -2.09. The number of rotatable bonds is 3. The molecular weight excluding hydrogens is 232 g/mol. The summed E-state index contributed by atoms with van der Waals surface area (Å²) in [7, 11) is 0. The fourth-order valence-corrected chi connectivity index (χ4v) is 2.01. The van der Waals surface area contributed by atoms with Crippen LogP contribution in [0.1, 0.15) is 31.2 Å². The quantitative estimate of drug-likeness (QED) is 0.846. The van der Waals surface area contributed by atoms with Gasteiger partial charge in [0.25, 0.3) is 0 Å². The Labute approximate surface area is 106 Å². The van der Waals surface area contributed by atoms with Crippen LogP contribution in [-0.4, -0.2) is 19.5 Å². The van der Waals surface area contributed by atoms with E-state index in [0.29, 0.717) is 17.5 Å². The lowest BCUT2D eigenvalue weighted by Crippen LogP contribution is -2.19. The van der Waals surface area contributed by atoms with Crippen molar-refractivity contribution in [2.75, 3.05) is 0 Å². The monoisotopic (exact) mass is 248 g/mol. The molecule has 90 valence electrons. The number of hydrogen-bond acceptors (Lipinski definition) is 3. The van der Waals surface area contributed by atoms with E-state index in [4.69, 9.17) is 18.0 Å². The van der Waals surface area contributed by atoms with Crippen LogP contribution >= 0.6 is 12.2 Å². The van der Waals surface area contributed by atoms with Crippen LogP contribution in [0.25, 0.3) is 11.2 Å². The summed E-state index contributed by atoms with van der Waals surface area (Å²) in [4.78, 5) is 9.49. The lowest BCUT2D eigenvalue weighted by atomic mass is 10.2. The molecule has 0 aliphatic rings. The minimum Gasteiger partial charge on any atom is -0.392 e. The number of hydrogen-bond donors (Lipinski definition) is 1. The Kier molecular flexibility index (Phi) is 3.11. The molecule has 2 rings (SSSR count). The van der Waals surface area contributed by atoms with Gasteiger partial charge in [-0.3, -0.25) is 0 Å². The predicted molar refractivity (Wildman–Crippen MR) is 73.1 cm³/mol. The lowest BCUT2D eigenvalue weighted by molar-refractivity contribution is 0.700. The average molecular weight is 248 g/mol. The van der Waals surface area contributed by atoms with Crippen LogP contribution in [0.15, 0.2) is 12.3 Å². The first kappa shape index (κ1) is 12.0. The number of fused-ring (bicyclic) bond motifs is 1. The van der Waals surface area contributed by atoms with E-state index in [0.717, 1.165) is 22.6 Å². The van der Waals surface area contributed by atoms with E-state index in [1.807, 2.05) is 23.8 Å². The van der Waals surface area contributed by atoms with Crippen molar-refractivity contribution < 1.29 is 0 Å². The van der Waals surface area contributed by atoms with Crippen LogP contribution in [-0.2, 0) is 6.54 Å². The third-order valence-corrected chi connectivity index (χ3v) is 2.71. The van der Waals surface area contributed by atoms with E-state index in [1.165, 1.54) is 0 Å². The van der Waals surface area contributed by atoms with Crippen LogP contribution in [0.2, 0.25) is 0 Å². The summed E-state index contributed by atoms with van der Waals surface area (Å²) < 4.78 is 2.00. The molecule has 2 aromatic heterocycles. The minimum atomic E-state index is 0.318. The Morgan fingerprint density at radius 3 is 2.82 bits per heavy atom. The Bertz CT molecular complexity index is 571. The van der Waals surface area contributed by atoms with Crippen LogP contribution < -0.4 is 5.73 Å². The summed E-state index contributed by atoms with van der Waals surface area (Å²) >= 11 is 4.98. The van der Waals surface area contributed by atoms with Gasteiger partial charge in [-0.2, -0.15) is 0 Å². The van der Waals surface area contributed by atoms with Crippen molar-refractivity contribution in [2.45, 2.75) is 33.2 Å². The van der Waals surface area contributed by atoms with Crippen LogP contribution in [0.5, 0.6) is 0 Å². The molecule has 0 unspecified atom stereocenters. The van der Waals surface area contributed by atoms with Gasteiger partial charge in [-0.15, -0.1) is 0 Å². The van der Waals surface area contributed by atoms with Crippen LogP contribution in [0.4, 0.5) is 0 Å². The van der Waals surface area contributed by atoms with Crippen molar-refractivity contribution in [1.29, 1.82) is 0 Å². The molecule has 0 saturated carbocycles. The molecule has 0 saturated heterocycles. The highest BCUT2D eigenvalue weighted by Gasteiger charge is 2.15. The molecule has 0 radical (unpaired) electrons. The second-order valence-electron chi connectivity index (χ2n) is 4.53. The van der Waals surface area contributed by atoms with Gasteiger partial charge >= 0.3 is 0 Å². The normalized spacial score (nSPS) is 11.3. The van der Waals surface area contributed by atoms with Gasteiger partial charge in [0.1, 0.15) is 11.3 Å². The smallest absolute Gasteiger partial charge is 0.160 e. The van der Waals surface area contributed by atoms with Crippen LogP contribution in [0, 0.1) is 6.92 Å². The van der Waals surface area contributed by atoms with Gasteiger partial charge in [0, 0.05) is 12.1 Å². The Hall–Kier alpha value is -1.49. The molecule has 0 bridgehead atoms. The molecule has 17 heavy (non-hydrogen) atoms. The Balaban J connectivity index is 2.66. The maximum Gasteiger partial charge on any atom is 0.160 e. The van der Waals surface area contributed by atoms with Gasteiger partial charge < -0.3 is 10.3 Å². The van der Waals surface area contributed by atoms with Crippen molar-refractivity contribution in [3.63, 3.8) is 0 Å². The molecule has 2 aromatic rings. The zero-order valence-corrected chi connectivity index (χ0v) is 11.1. The average Bonchev–Trinajstić information content (AvgIpc) is 2.55. The summed E-state index contributed by atoms with van der Waals surface area (Å²) in [6.45, 7) is 6.71.